The van der Waals surface area contributed by atoms with Crippen molar-refractivity contribution in [3.05, 3.63) is 48.7 Å². The van der Waals surface area contributed by atoms with Crippen molar-refractivity contribution in [2.75, 3.05) is 33.6 Å². The Balaban J connectivity index is 1.24. The summed E-state index contributed by atoms with van der Waals surface area (Å²) in [6.07, 6.45) is 4.45. The first-order valence-corrected chi connectivity index (χ1v) is 14.1. The van der Waals surface area contributed by atoms with Crippen LogP contribution in [0.2, 0.25) is 0 Å². The molecule has 222 valence electrons. The van der Waals surface area contributed by atoms with Crippen molar-refractivity contribution >= 4 is 34.3 Å². The van der Waals surface area contributed by atoms with E-state index in [4.69, 9.17) is 14.2 Å². The van der Waals surface area contributed by atoms with Gasteiger partial charge in [0.2, 0.25) is 17.7 Å². The highest BCUT2D eigenvalue weighted by Gasteiger charge is 2.61. The van der Waals surface area contributed by atoms with Crippen LogP contribution in [0.1, 0.15) is 46.0 Å². The Morgan fingerprint density at radius 2 is 1.57 bits per heavy atom. The maximum absolute atomic E-state index is 13.4. The van der Waals surface area contributed by atoms with E-state index in [0.29, 0.717) is 66.3 Å². The van der Waals surface area contributed by atoms with E-state index in [1.54, 1.807) is 75.8 Å². The molecule has 0 spiro atoms. The molecule has 10 heteroatoms. The Morgan fingerprint density at radius 1 is 0.929 bits per heavy atom. The number of anilines is 1. The SMILES string of the molecule is CCC1(NC(=O)C2(C(=O)Nc3ccc(Oc4ccnc5cc(OC)c(OC)cc45)cc3)CC2)CC(C)(C(=O)N(C)C)C1. The fourth-order valence-corrected chi connectivity index (χ4v) is 6.12. The molecule has 0 bridgehead atoms. The van der Waals surface area contributed by atoms with Gasteiger partial charge in [-0.2, -0.15) is 0 Å². The summed E-state index contributed by atoms with van der Waals surface area (Å²) in [5.74, 6) is 1.77. The van der Waals surface area contributed by atoms with Crippen LogP contribution in [0.4, 0.5) is 5.69 Å². The summed E-state index contributed by atoms with van der Waals surface area (Å²) >= 11 is 0. The highest BCUT2D eigenvalue weighted by atomic mass is 16.5. The van der Waals surface area contributed by atoms with Crippen molar-refractivity contribution in [3.8, 4) is 23.0 Å². The first kappa shape index (κ1) is 29.2. The van der Waals surface area contributed by atoms with Gasteiger partial charge < -0.3 is 29.7 Å². The fraction of sp³-hybridized carbons (Fsp3) is 0.438. The highest BCUT2D eigenvalue weighted by Crippen LogP contribution is 2.53. The van der Waals surface area contributed by atoms with Gasteiger partial charge in [-0.25, -0.2) is 0 Å². The number of nitrogens with one attached hydrogen (secondary N) is 2. The summed E-state index contributed by atoms with van der Waals surface area (Å²) in [6, 6.07) is 12.4. The molecule has 2 N–H and O–H groups in total. The van der Waals surface area contributed by atoms with Crippen molar-refractivity contribution in [1.82, 2.24) is 15.2 Å². The first-order chi connectivity index (χ1) is 20.0. The van der Waals surface area contributed by atoms with E-state index in [2.05, 4.69) is 15.6 Å². The van der Waals surface area contributed by atoms with Gasteiger partial charge in [-0.1, -0.05) is 13.8 Å². The normalized spacial score (nSPS) is 22.0. The van der Waals surface area contributed by atoms with Gasteiger partial charge in [-0.15, -0.1) is 0 Å². The van der Waals surface area contributed by atoms with Crippen molar-refractivity contribution < 1.29 is 28.6 Å². The molecule has 5 rings (SSSR count). The summed E-state index contributed by atoms with van der Waals surface area (Å²) in [5, 5.41) is 6.82. The maximum Gasteiger partial charge on any atom is 0.240 e. The minimum atomic E-state index is -1.09. The maximum atomic E-state index is 13.4. The van der Waals surface area contributed by atoms with Crippen molar-refractivity contribution in [2.24, 2.45) is 10.8 Å². The second kappa shape index (κ2) is 10.8. The monoisotopic (exact) mass is 574 g/mol. The lowest BCUT2D eigenvalue weighted by Crippen LogP contribution is -2.65. The highest BCUT2D eigenvalue weighted by molar-refractivity contribution is 6.13. The third-order valence-corrected chi connectivity index (χ3v) is 8.60. The van der Waals surface area contributed by atoms with Gasteiger partial charge in [-0.3, -0.25) is 19.4 Å². The molecule has 1 aromatic heterocycles. The number of hydrogen-bond acceptors (Lipinski definition) is 7. The zero-order valence-corrected chi connectivity index (χ0v) is 25.0. The third-order valence-electron chi connectivity index (χ3n) is 8.60. The lowest BCUT2D eigenvalue weighted by molar-refractivity contribution is -0.153. The third kappa shape index (κ3) is 5.21. The molecule has 2 aliphatic carbocycles. The average Bonchev–Trinajstić information content (AvgIpc) is 3.78. The summed E-state index contributed by atoms with van der Waals surface area (Å²) in [4.78, 5) is 45.3. The smallest absolute Gasteiger partial charge is 0.240 e. The van der Waals surface area contributed by atoms with Crippen LogP contribution in [0.15, 0.2) is 48.7 Å². The number of rotatable bonds is 10. The largest absolute Gasteiger partial charge is 0.493 e. The second-order valence-corrected chi connectivity index (χ2v) is 11.9. The molecule has 2 fully saturated rings. The van der Waals surface area contributed by atoms with Crippen LogP contribution in [-0.2, 0) is 14.4 Å². The molecule has 3 amide bonds. The van der Waals surface area contributed by atoms with Gasteiger partial charge in [-0.05, 0) is 68.5 Å². The quantitative estimate of drug-likeness (QED) is 0.330. The van der Waals surface area contributed by atoms with Crippen molar-refractivity contribution in [2.45, 2.75) is 51.5 Å². The first-order valence-electron chi connectivity index (χ1n) is 14.1. The zero-order chi connectivity index (χ0) is 30.3. The predicted octanol–water partition coefficient (Wildman–Crippen LogP) is 4.92. The molecule has 10 nitrogen and oxygen atoms in total. The molecule has 42 heavy (non-hydrogen) atoms. The Morgan fingerprint density at radius 3 is 2.14 bits per heavy atom. The van der Waals surface area contributed by atoms with Crippen molar-refractivity contribution in [3.63, 3.8) is 0 Å². The van der Waals surface area contributed by atoms with E-state index >= 15 is 0 Å². The number of carbonyl (C=O) groups is 3. The predicted molar refractivity (Wildman–Crippen MR) is 159 cm³/mol. The molecule has 3 aromatic rings. The van der Waals surface area contributed by atoms with Gasteiger partial charge in [0.15, 0.2) is 11.5 Å². The van der Waals surface area contributed by atoms with Gasteiger partial charge in [0.25, 0.3) is 0 Å². The molecule has 0 saturated heterocycles. The van der Waals surface area contributed by atoms with E-state index in [-0.39, 0.29) is 17.7 Å². The summed E-state index contributed by atoms with van der Waals surface area (Å²) in [6.45, 7) is 3.94. The number of hydrogen-bond donors (Lipinski definition) is 2. The van der Waals surface area contributed by atoms with Crippen LogP contribution in [-0.4, -0.2) is 61.5 Å². The Bertz CT molecular complexity index is 1520. The van der Waals surface area contributed by atoms with Crippen LogP contribution in [0.3, 0.4) is 0 Å². The molecule has 2 saturated carbocycles. The minimum absolute atomic E-state index is 0.0594. The molecule has 0 unspecified atom stereocenters. The van der Waals surface area contributed by atoms with Gasteiger partial charge in [0, 0.05) is 43.0 Å². The molecule has 0 atom stereocenters. The van der Waals surface area contributed by atoms with Gasteiger partial charge in [0.1, 0.15) is 16.9 Å². The lowest BCUT2D eigenvalue weighted by atomic mass is 9.56. The number of nitrogens with zero attached hydrogens (tertiary/aromatic N) is 2. The van der Waals surface area contributed by atoms with Crippen molar-refractivity contribution in [1.29, 1.82) is 0 Å². The van der Waals surface area contributed by atoms with Crippen LogP contribution in [0, 0.1) is 10.8 Å². The van der Waals surface area contributed by atoms with Crippen LogP contribution < -0.4 is 24.8 Å². The van der Waals surface area contributed by atoms with E-state index in [0.717, 1.165) is 5.39 Å². The molecular weight excluding hydrogens is 536 g/mol. The van der Waals surface area contributed by atoms with E-state index in [9.17, 15) is 14.4 Å². The van der Waals surface area contributed by atoms with E-state index in [1.807, 2.05) is 19.9 Å². The molecule has 1 heterocycles. The summed E-state index contributed by atoms with van der Waals surface area (Å²) in [7, 11) is 6.64. The molecule has 0 radical (unpaired) electrons. The number of fused-ring (bicyclic) bond motifs is 1. The molecule has 0 aliphatic heterocycles. The Labute approximate surface area is 245 Å². The van der Waals surface area contributed by atoms with Crippen LogP contribution in [0.5, 0.6) is 23.0 Å². The van der Waals surface area contributed by atoms with Gasteiger partial charge in [0.05, 0.1) is 25.2 Å². The number of methoxy groups -OCH3 is 2. The molecule has 2 aliphatic rings. The average molecular weight is 575 g/mol. The van der Waals surface area contributed by atoms with Crippen LogP contribution in [0.25, 0.3) is 10.9 Å². The Kier molecular flexibility index (Phi) is 7.51. The van der Waals surface area contributed by atoms with Gasteiger partial charge >= 0.3 is 0 Å². The summed E-state index contributed by atoms with van der Waals surface area (Å²) in [5.41, 5.74) is -0.807. The molecular formula is C32H38N4O6. The molecule has 2 aromatic carbocycles. The number of aromatic nitrogens is 1. The standard InChI is InChI=1S/C32H38N4O6/c1-7-31(18-30(2,19-31)29(39)36(3)4)35-28(38)32(13-14-32)27(37)34-20-8-10-21(11-9-20)42-24-12-15-33-23-17-26(41-6)25(40-5)16-22(23)24/h8-12,15-17H,7,13-14,18-19H2,1-6H3,(H,34,37)(H,35,38). The Hall–Kier alpha value is -4.34. The fourth-order valence-electron chi connectivity index (χ4n) is 6.12. The zero-order valence-electron chi connectivity index (χ0n) is 25.0. The number of benzene rings is 2. The van der Waals surface area contributed by atoms with Crippen LogP contribution >= 0.6 is 0 Å². The second-order valence-electron chi connectivity index (χ2n) is 11.9. The van der Waals surface area contributed by atoms with E-state index in [1.165, 1.54) is 0 Å². The minimum Gasteiger partial charge on any atom is -0.493 e. The number of ether oxygens (including phenoxy) is 3. The lowest BCUT2D eigenvalue weighted by Gasteiger charge is -2.54. The number of pyridine rings is 1. The number of carbonyl (C=O) groups excluding carboxylic acids is 3. The van der Waals surface area contributed by atoms with E-state index < -0.39 is 16.4 Å². The summed E-state index contributed by atoms with van der Waals surface area (Å²) < 4.78 is 16.9. The topological polar surface area (TPSA) is 119 Å². The number of amides is 3.